The number of amides is 1. The minimum atomic E-state index is -0.291. The zero-order chi connectivity index (χ0) is 29.6. The van der Waals surface area contributed by atoms with Crippen molar-refractivity contribution in [2.75, 3.05) is 27.1 Å². The number of benzene rings is 3. The lowest BCUT2D eigenvalue weighted by Gasteiger charge is -2.19. The van der Waals surface area contributed by atoms with E-state index in [1.807, 2.05) is 35.8 Å². The normalized spacial score (nSPS) is 11.5. The third kappa shape index (κ3) is 7.07. The molecule has 4 aromatic rings. The molecule has 0 aliphatic carbocycles. The molecule has 0 aliphatic rings. The van der Waals surface area contributed by atoms with Crippen molar-refractivity contribution in [2.45, 2.75) is 38.3 Å². The molecule has 1 aromatic heterocycles. The van der Waals surface area contributed by atoms with E-state index in [-0.39, 0.29) is 17.1 Å². The van der Waals surface area contributed by atoms with Gasteiger partial charge in [-0.3, -0.25) is 9.36 Å². The molecule has 0 aliphatic heterocycles. The number of methoxy groups -OCH3 is 3. The SMILES string of the molecule is COc1cc(OC)c(OC)cc1/C=N\NC(=O)CSc1nnc(-c2ccc(C(C)(C)C)cc2)n1-c1ccc(C)cc1. The Bertz CT molecular complexity index is 1520. The Labute approximate surface area is 244 Å². The van der Waals surface area contributed by atoms with Gasteiger partial charge in [0.1, 0.15) is 5.75 Å². The summed E-state index contributed by atoms with van der Waals surface area (Å²) in [7, 11) is 4.64. The van der Waals surface area contributed by atoms with Crippen molar-refractivity contribution in [3.63, 3.8) is 0 Å². The smallest absolute Gasteiger partial charge is 0.250 e. The van der Waals surface area contributed by atoms with Gasteiger partial charge in [-0.1, -0.05) is 74.5 Å². The number of nitrogens with zero attached hydrogens (tertiary/aromatic N) is 4. The maximum atomic E-state index is 12.7. The third-order valence-corrected chi connectivity index (χ3v) is 7.32. The number of hydrogen-bond donors (Lipinski definition) is 1. The summed E-state index contributed by atoms with van der Waals surface area (Å²) in [5.41, 5.74) is 7.48. The molecule has 0 radical (unpaired) electrons. The van der Waals surface area contributed by atoms with Gasteiger partial charge in [0, 0.05) is 22.9 Å². The maximum Gasteiger partial charge on any atom is 0.250 e. The summed E-state index contributed by atoms with van der Waals surface area (Å²) in [6, 6.07) is 19.9. The summed E-state index contributed by atoms with van der Waals surface area (Å²) in [4.78, 5) is 12.7. The molecule has 0 unspecified atom stereocenters. The molecule has 4 rings (SSSR count). The van der Waals surface area contributed by atoms with Crippen LogP contribution in [0.4, 0.5) is 0 Å². The van der Waals surface area contributed by atoms with Crippen molar-refractivity contribution >= 4 is 23.9 Å². The number of thioether (sulfide) groups is 1. The highest BCUT2D eigenvalue weighted by Crippen LogP contribution is 2.34. The molecule has 3 aromatic carbocycles. The first-order valence-electron chi connectivity index (χ1n) is 13.0. The molecule has 1 N–H and O–H groups in total. The Hall–Kier alpha value is -4.31. The number of aromatic nitrogens is 3. The van der Waals surface area contributed by atoms with Crippen LogP contribution >= 0.6 is 11.8 Å². The fraction of sp³-hybridized carbons (Fsp3) is 0.290. The van der Waals surface area contributed by atoms with E-state index in [2.05, 4.69) is 65.8 Å². The van der Waals surface area contributed by atoms with E-state index in [4.69, 9.17) is 14.2 Å². The number of carbonyl (C=O) groups is 1. The van der Waals surface area contributed by atoms with Gasteiger partial charge in [0.2, 0.25) is 0 Å². The van der Waals surface area contributed by atoms with Crippen LogP contribution in [0.15, 0.2) is 70.9 Å². The highest BCUT2D eigenvalue weighted by atomic mass is 32.2. The number of rotatable bonds is 10. The minimum Gasteiger partial charge on any atom is -0.496 e. The van der Waals surface area contributed by atoms with Gasteiger partial charge in [0.15, 0.2) is 22.5 Å². The molecule has 9 nitrogen and oxygen atoms in total. The monoisotopic (exact) mass is 573 g/mol. The Kier molecular flexibility index (Phi) is 9.34. The average molecular weight is 574 g/mol. The van der Waals surface area contributed by atoms with E-state index in [1.165, 1.54) is 23.5 Å². The van der Waals surface area contributed by atoms with Crippen LogP contribution in [-0.2, 0) is 10.2 Å². The summed E-state index contributed by atoms with van der Waals surface area (Å²) in [6.07, 6.45) is 1.50. The molecule has 1 amide bonds. The van der Waals surface area contributed by atoms with Crippen LogP contribution in [-0.4, -0.2) is 54.0 Å². The predicted octanol–water partition coefficient (Wildman–Crippen LogP) is 5.81. The van der Waals surface area contributed by atoms with Gasteiger partial charge >= 0.3 is 0 Å². The van der Waals surface area contributed by atoms with Crippen molar-refractivity contribution in [1.29, 1.82) is 0 Å². The first kappa shape index (κ1) is 29.7. The molecular formula is C31H35N5O4S. The van der Waals surface area contributed by atoms with E-state index in [0.29, 0.717) is 33.8 Å². The Morgan fingerprint density at radius 1 is 0.927 bits per heavy atom. The second-order valence-electron chi connectivity index (χ2n) is 10.3. The van der Waals surface area contributed by atoms with Crippen LogP contribution in [0.1, 0.15) is 37.5 Å². The van der Waals surface area contributed by atoms with Gasteiger partial charge < -0.3 is 14.2 Å². The van der Waals surface area contributed by atoms with Crippen LogP contribution < -0.4 is 19.6 Å². The van der Waals surface area contributed by atoms with Gasteiger partial charge in [0.05, 0.1) is 33.3 Å². The number of aryl methyl sites for hydroxylation is 1. The number of hydrogen-bond acceptors (Lipinski definition) is 8. The molecular weight excluding hydrogens is 538 g/mol. The van der Waals surface area contributed by atoms with Crippen molar-refractivity contribution < 1.29 is 19.0 Å². The zero-order valence-electron chi connectivity index (χ0n) is 24.4. The minimum absolute atomic E-state index is 0.0462. The lowest BCUT2D eigenvalue weighted by molar-refractivity contribution is -0.118. The lowest BCUT2D eigenvalue weighted by Crippen LogP contribution is -2.20. The zero-order valence-corrected chi connectivity index (χ0v) is 25.2. The summed E-state index contributed by atoms with van der Waals surface area (Å²) < 4.78 is 18.0. The molecule has 10 heteroatoms. The molecule has 0 fully saturated rings. The van der Waals surface area contributed by atoms with Gasteiger partial charge in [-0.05, 0) is 36.1 Å². The van der Waals surface area contributed by atoms with Crippen molar-refractivity contribution in [3.8, 4) is 34.3 Å². The first-order valence-corrected chi connectivity index (χ1v) is 14.0. The van der Waals surface area contributed by atoms with Gasteiger partial charge in [0.25, 0.3) is 5.91 Å². The summed E-state index contributed by atoms with van der Waals surface area (Å²) >= 11 is 1.28. The van der Waals surface area contributed by atoms with Crippen LogP contribution in [0.5, 0.6) is 17.2 Å². The molecule has 1 heterocycles. The van der Waals surface area contributed by atoms with Gasteiger partial charge in [-0.15, -0.1) is 10.2 Å². The summed E-state index contributed by atoms with van der Waals surface area (Å²) in [5, 5.41) is 13.6. The summed E-state index contributed by atoms with van der Waals surface area (Å²) in [5.74, 6) is 2.09. The second-order valence-corrected chi connectivity index (χ2v) is 11.3. The van der Waals surface area contributed by atoms with E-state index < -0.39 is 0 Å². The van der Waals surface area contributed by atoms with Gasteiger partial charge in [-0.2, -0.15) is 5.10 Å². The standard InChI is InChI=1S/C31H35N5O4S/c1-20-8-14-24(15-9-20)36-29(21-10-12-23(13-11-21)31(2,3)4)34-35-30(36)41-19-28(37)33-32-18-22-16-26(39-6)27(40-7)17-25(22)38-5/h8-18H,19H2,1-7H3,(H,33,37)/b32-18-. The number of nitrogens with one attached hydrogen (secondary N) is 1. The van der Waals surface area contributed by atoms with Crippen molar-refractivity contribution in [2.24, 2.45) is 5.10 Å². The van der Waals surface area contributed by atoms with Crippen LogP contribution in [0, 0.1) is 6.92 Å². The summed E-state index contributed by atoms with van der Waals surface area (Å²) in [6.45, 7) is 8.60. The Balaban J connectivity index is 1.52. The molecule has 0 atom stereocenters. The maximum absolute atomic E-state index is 12.7. The molecule has 0 spiro atoms. The molecule has 214 valence electrons. The largest absolute Gasteiger partial charge is 0.496 e. The van der Waals surface area contributed by atoms with Crippen LogP contribution in [0.25, 0.3) is 17.1 Å². The Morgan fingerprint density at radius 3 is 2.17 bits per heavy atom. The van der Waals surface area contributed by atoms with E-state index in [0.717, 1.165) is 16.8 Å². The average Bonchev–Trinajstić information content (AvgIpc) is 3.39. The second kappa shape index (κ2) is 12.9. The lowest BCUT2D eigenvalue weighted by atomic mass is 9.87. The highest BCUT2D eigenvalue weighted by molar-refractivity contribution is 7.99. The quantitative estimate of drug-likeness (QED) is 0.145. The fourth-order valence-corrected chi connectivity index (χ4v) is 4.83. The van der Waals surface area contributed by atoms with E-state index in [1.54, 1.807) is 33.5 Å². The third-order valence-electron chi connectivity index (χ3n) is 6.40. The van der Waals surface area contributed by atoms with E-state index >= 15 is 0 Å². The van der Waals surface area contributed by atoms with E-state index in [9.17, 15) is 4.79 Å². The molecule has 0 bridgehead atoms. The predicted molar refractivity (Wildman–Crippen MR) is 163 cm³/mol. The molecule has 0 saturated heterocycles. The highest BCUT2D eigenvalue weighted by Gasteiger charge is 2.19. The topological polar surface area (TPSA) is 99.9 Å². The number of carbonyl (C=O) groups excluding carboxylic acids is 1. The fourth-order valence-electron chi connectivity index (χ4n) is 4.09. The van der Waals surface area contributed by atoms with Crippen molar-refractivity contribution in [1.82, 2.24) is 20.2 Å². The Morgan fingerprint density at radius 2 is 1.56 bits per heavy atom. The van der Waals surface area contributed by atoms with Crippen LogP contribution in [0.2, 0.25) is 0 Å². The number of ether oxygens (including phenoxy) is 3. The molecule has 0 saturated carbocycles. The van der Waals surface area contributed by atoms with Gasteiger partial charge in [-0.25, -0.2) is 5.43 Å². The van der Waals surface area contributed by atoms with Crippen LogP contribution in [0.3, 0.4) is 0 Å². The number of hydrazone groups is 1. The first-order chi connectivity index (χ1) is 19.6. The molecule has 41 heavy (non-hydrogen) atoms. The van der Waals surface area contributed by atoms with Crippen molar-refractivity contribution in [3.05, 3.63) is 77.4 Å².